The number of nitrogens with one attached hydrogen (secondary N) is 1. The standard InChI is InChI=1S/C20H21N3O4/c1-2-23(12-14(24)13-27-15-8-4-3-5-9-15)20(26)18-16-10-6-7-11-17(16)19(25)22-21-18/h3-11,14,24H,2,12-13H2,1H3,(H,22,25). The van der Waals surface area contributed by atoms with E-state index in [4.69, 9.17) is 4.74 Å². The number of nitrogens with zero attached hydrogens (tertiary/aromatic N) is 2. The van der Waals surface area contributed by atoms with Gasteiger partial charge in [0.1, 0.15) is 18.5 Å². The van der Waals surface area contributed by atoms with Gasteiger partial charge in [-0.3, -0.25) is 9.59 Å². The van der Waals surface area contributed by atoms with E-state index < -0.39 is 6.10 Å². The van der Waals surface area contributed by atoms with Gasteiger partial charge in [-0.15, -0.1) is 0 Å². The summed E-state index contributed by atoms with van der Waals surface area (Å²) in [5.74, 6) is 0.294. The Balaban J connectivity index is 1.73. The number of likely N-dealkylation sites (N-methyl/N-ethyl adjacent to an activating group) is 1. The molecule has 2 aromatic carbocycles. The first-order valence-electron chi connectivity index (χ1n) is 8.72. The summed E-state index contributed by atoms with van der Waals surface area (Å²) >= 11 is 0. The third-order valence-corrected chi connectivity index (χ3v) is 4.18. The minimum absolute atomic E-state index is 0.0631. The smallest absolute Gasteiger partial charge is 0.275 e. The number of ether oxygens (including phenoxy) is 1. The van der Waals surface area contributed by atoms with Crippen LogP contribution in [0.15, 0.2) is 59.4 Å². The number of aromatic amines is 1. The van der Waals surface area contributed by atoms with Crippen LogP contribution in [0.4, 0.5) is 0 Å². The normalized spacial score (nSPS) is 11.9. The van der Waals surface area contributed by atoms with Gasteiger partial charge in [0.15, 0.2) is 5.69 Å². The molecule has 0 saturated heterocycles. The number of rotatable bonds is 7. The van der Waals surface area contributed by atoms with Crippen molar-refractivity contribution >= 4 is 16.7 Å². The number of fused-ring (bicyclic) bond motifs is 1. The second-order valence-corrected chi connectivity index (χ2v) is 6.07. The largest absolute Gasteiger partial charge is 0.491 e. The van der Waals surface area contributed by atoms with Crippen LogP contribution in [-0.2, 0) is 0 Å². The molecule has 27 heavy (non-hydrogen) atoms. The highest BCUT2D eigenvalue weighted by Gasteiger charge is 2.22. The number of aliphatic hydroxyl groups is 1. The summed E-state index contributed by atoms with van der Waals surface area (Å²) in [7, 11) is 0. The van der Waals surface area contributed by atoms with Crippen molar-refractivity contribution < 1.29 is 14.6 Å². The monoisotopic (exact) mass is 367 g/mol. The summed E-state index contributed by atoms with van der Waals surface area (Å²) in [6.45, 7) is 2.36. The van der Waals surface area contributed by atoms with Gasteiger partial charge in [-0.1, -0.05) is 36.4 Å². The summed E-state index contributed by atoms with van der Waals surface area (Å²) in [4.78, 5) is 26.3. The molecule has 1 heterocycles. The van der Waals surface area contributed by atoms with Crippen LogP contribution in [-0.4, -0.2) is 51.9 Å². The topological polar surface area (TPSA) is 95.5 Å². The van der Waals surface area contributed by atoms with Crippen molar-refractivity contribution in [2.75, 3.05) is 19.7 Å². The van der Waals surface area contributed by atoms with E-state index in [9.17, 15) is 14.7 Å². The van der Waals surface area contributed by atoms with Gasteiger partial charge in [0.05, 0.1) is 11.9 Å². The minimum atomic E-state index is -0.858. The molecule has 0 aliphatic carbocycles. The zero-order valence-corrected chi connectivity index (χ0v) is 15.0. The van der Waals surface area contributed by atoms with E-state index >= 15 is 0 Å². The molecule has 7 heteroatoms. The van der Waals surface area contributed by atoms with Gasteiger partial charge in [-0.2, -0.15) is 5.10 Å². The van der Waals surface area contributed by atoms with Gasteiger partial charge in [0.2, 0.25) is 0 Å². The lowest BCUT2D eigenvalue weighted by atomic mass is 10.1. The first-order chi connectivity index (χ1) is 13.1. The molecular formula is C20H21N3O4. The molecule has 0 bridgehead atoms. The maximum atomic E-state index is 12.9. The van der Waals surface area contributed by atoms with Crippen LogP contribution in [0.1, 0.15) is 17.4 Å². The van der Waals surface area contributed by atoms with Gasteiger partial charge in [0, 0.05) is 11.9 Å². The van der Waals surface area contributed by atoms with Gasteiger partial charge >= 0.3 is 0 Å². The van der Waals surface area contributed by atoms with E-state index in [1.54, 1.807) is 36.4 Å². The molecule has 3 rings (SSSR count). The van der Waals surface area contributed by atoms with Crippen LogP contribution < -0.4 is 10.3 Å². The highest BCUT2D eigenvalue weighted by atomic mass is 16.5. The maximum absolute atomic E-state index is 12.9. The maximum Gasteiger partial charge on any atom is 0.275 e. The van der Waals surface area contributed by atoms with Crippen LogP contribution in [0.3, 0.4) is 0 Å². The number of para-hydroxylation sites is 1. The molecule has 0 aliphatic heterocycles. The van der Waals surface area contributed by atoms with E-state index in [2.05, 4.69) is 10.2 Å². The molecule has 3 aromatic rings. The summed E-state index contributed by atoms with van der Waals surface area (Å²) in [6.07, 6.45) is -0.858. The van der Waals surface area contributed by atoms with Crippen LogP contribution in [0, 0.1) is 0 Å². The molecule has 140 valence electrons. The SMILES string of the molecule is CCN(CC(O)COc1ccccc1)C(=O)c1n[nH]c(=O)c2ccccc12. The minimum Gasteiger partial charge on any atom is -0.491 e. The lowest BCUT2D eigenvalue weighted by Crippen LogP contribution is -2.40. The van der Waals surface area contributed by atoms with E-state index in [1.807, 2.05) is 25.1 Å². The quantitative estimate of drug-likeness (QED) is 0.664. The fraction of sp³-hybridized carbons (Fsp3) is 0.250. The van der Waals surface area contributed by atoms with Crippen LogP contribution >= 0.6 is 0 Å². The van der Waals surface area contributed by atoms with Gasteiger partial charge < -0.3 is 14.7 Å². The number of hydrogen-bond acceptors (Lipinski definition) is 5. The number of amides is 1. The van der Waals surface area contributed by atoms with Crippen LogP contribution in [0.25, 0.3) is 10.8 Å². The average Bonchev–Trinajstić information content (AvgIpc) is 2.71. The zero-order valence-electron chi connectivity index (χ0n) is 15.0. The lowest BCUT2D eigenvalue weighted by Gasteiger charge is -2.24. The third kappa shape index (κ3) is 4.32. The fourth-order valence-corrected chi connectivity index (χ4v) is 2.80. The van der Waals surface area contributed by atoms with Crippen molar-refractivity contribution in [1.82, 2.24) is 15.1 Å². The van der Waals surface area contributed by atoms with Crippen molar-refractivity contribution in [3.05, 3.63) is 70.6 Å². The number of H-pyrrole nitrogens is 1. The van der Waals surface area contributed by atoms with Crippen molar-refractivity contribution in [3.8, 4) is 5.75 Å². The van der Waals surface area contributed by atoms with Crippen molar-refractivity contribution in [2.45, 2.75) is 13.0 Å². The molecule has 1 unspecified atom stereocenters. The van der Waals surface area contributed by atoms with Crippen LogP contribution in [0.2, 0.25) is 0 Å². The zero-order chi connectivity index (χ0) is 19.2. The first-order valence-corrected chi connectivity index (χ1v) is 8.72. The van der Waals surface area contributed by atoms with Crippen molar-refractivity contribution in [1.29, 1.82) is 0 Å². The number of benzene rings is 2. The molecular weight excluding hydrogens is 346 g/mol. The molecule has 0 fully saturated rings. The lowest BCUT2D eigenvalue weighted by molar-refractivity contribution is 0.0511. The summed E-state index contributed by atoms with van der Waals surface area (Å²) in [5.41, 5.74) is -0.190. The second kappa shape index (κ2) is 8.46. The molecule has 1 atom stereocenters. The predicted octanol–water partition coefficient (Wildman–Crippen LogP) is 1.83. The molecule has 0 aliphatic rings. The van der Waals surface area contributed by atoms with Crippen LogP contribution in [0.5, 0.6) is 5.75 Å². The number of hydrogen-bond donors (Lipinski definition) is 2. The Bertz CT molecular complexity index is 972. The Morgan fingerprint density at radius 1 is 1.15 bits per heavy atom. The Labute approximate surface area is 156 Å². The molecule has 0 saturated carbocycles. The fourth-order valence-electron chi connectivity index (χ4n) is 2.80. The van der Waals surface area contributed by atoms with E-state index in [0.29, 0.717) is 23.1 Å². The third-order valence-electron chi connectivity index (χ3n) is 4.18. The predicted molar refractivity (Wildman–Crippen MR) is 102 cm³/mol. The Morgan fingerprint density at radius 3 is 2.52 bits per heavy atom. The van der Waals surface area contributed by atoms with Gasteiger partial charge in [-0.05, 0) is 25.1 Å². The number of carbonyl (C=O) groups is 1. The molecule has 1 amide bonds. The average molecular weight is 367 g/mol. The molecule has 7 nitrogen and oxygen atoms in total. The molecule has 0 radical (unpaired) electrons. The Kier molecular flexibility index (Phi) is 5.83. The summed E-state index contributed by atoms with van der Waals surface area (Å²) in [5, 5.41) is 17.5. The Hall–Kier alpha value is -3.19. The van der Waals surface area contributed by atoms with E-state index in [1.165, 1.54) is 4.90 Å². The Morgan fingerprint density at radius 2 is 1.81 bits per heavy atom. The molecule has 1 aromatic heterocycles. The number of carbonyl (C=O) groups excluding carboxylic acids is 1. The van der Waals surface area contributed by atoms with E-state index in [0.717, 1.165) is 0 Å². The number of aliphatic hydroxyl groups excluding tert-OH is 1. The first kappa shape index (κ1) is 18.6. The van der Waals surface area contributed by atoms with Crippen molar-refractivity contribution in [2.24, 2.45) is 0 Å². The highest BCUT2D eigenvalue weighted by molar-refractivity contribution is 6.04. The highest BCUT2D eigenvalue weighted by Crippen LogP contribution is 2.15. The van der Waals surface area contributed by atoms with Crippen molar-refractivity contribution in [3.63, 3.8) is 0 Å². The molecule has 2 N–H and O–H groups in total. The van der Waals surface area contributed by atoms with Gasteiger partial charge in [-0.25, -0.2) is 5.10 Å². The number of aromatic nitrogens is 2. The molecule has 0 spiro atoms. The van der Waals surface area contributed by atoms with E-state index in [-0.39, 0.29) is 30.3 Å². The summed E-state index contributed by atoms with van der Waals surface area (Å²) in [6, 6.07) is 16.0. The van der Waals surface area contributed by atoms with Gasteiger partial charge in [0.25, 0.3) is 11.5 Å². The second-order valence-electron chi connectivity index (χ2n) is 6.07. The summed E-state index contributed by atoms with van der Waals surface area (Å²) < 4.78 is 5.53.